The van der Waals surface area contributed by atoms with E-state index in [0.717, 1.165) is 15.9 Å². The highest BCUT2D eigenvalue weighted by Crippen LogP contribution is 2.24. The van der Waals surface area contributed by atoms with Gasteiger partial charge in [0.15, 0.2) is 0 Å². The Morgan fingerprint density at radius 3 is 2.83 bits per heavy atom. The van der Waals surface area contributed by atoms with Gasteiger partial charge in [-0.2, -0.15) is 5.26 Å². The summed E-state index contributed by atoms with van der Waals surface area (Å²) in [6.07, 6.45) is 1.70. The quantitative estimate of drug-likeness (QED) is 0.937. The van der Waals surface area contributed by atoms with Crippen LogP contribution < -0.4 is 5.32 Å². The molecule has 0 radical (unpaired) electrons. The number of nitrogens with zero attached hydrogens (tertiary/aromatic N) is 2. The van der Waals surface area contributed by atoms with Crippen molar-refractivity contribution in [1.29, 1.82) is 5.26 Å². The number of oxazole rings is 1. The van der Waals surface area contributed by atoms with E-state index in [1.54, 1.807) is 12.3 Å². The smallest absolute Gasteiger partial charge is 0.216 e. The number of hydrogen-bond donors (Lipinski definition) is 1. The fourth-order valence-corrected chi connectivity index (χ4v) is 2.05. The Labute approximate surface area is 114 Å². The van der Waals surface area contributed by atoms with E-state index < -0.39 is 0 Å². The third-order valence-corrected chi connectivity index (χ3v) is 3.14. The van der Waals surface area contributed by atoms with E-state index in [2.05, 4.69) is 32.3 Å². The molecule has 2 aromatic rings. The number of aryl methyl sites for hydroxylation is 1. The fraction of sp³-hybridized carbons (Fsp3) is 0.231. The third-order valence-electron chi connectivity index (χ3n) is 2.48. The van der Waals surface area contributed by atoms with Gasteiger partial charge in [0, 0.05) is 10.2 Å². The maximum atomic E-state index is 8.85. The summed E-state index contributed by atoms with van der Waals surface area (Å²) in [6.45, 7) is 3.83. The molecule has 0 fully saturated rings. The Bertz CT molecular complexity index is 601. The molecule has 0 aliphatic heterocycles. The van der Waals surface area contributed by atoms with Gasteiger partial charge in [-0.3, -0.25) is 0 Å². The molecule has 5 heteroatoms. The first kappa shape index (κ1) is 12.7. The predicted molar refractivity (Wildman–Crippen MR) is 72.1 cm³/mol. The average Bonchev–Trinajstić information content (AvgIpc) is 2.76. The maximum absolute atomic E-state index is 8.85. The number of benzene rings is 1. The highest BCUT2D eigenvalue weighted by atomic mass is 79.9. The topological polar surface area (TPSA) is 61.9 Å². The molecule has 0 saturated heterocycles. The molecule has 92 valence electrons. The molecule has 0 aliphatic rings. The maximum Gasteiger partial charge on any atom is 0.216 e. The summed E-state index contributed by atoms with van der Waals surface area (Å²) in [7, 11) is 0. The summed E-state index contributed by atoms with van der Waals surface area (Å²) >= 11 is 3.36. The average molecular weight is 306 g/mol. The number of rotatable bonds is 3. The molecule has 0 aliphatic carbocycles. The van der Waals surface area contributed by atoms with Crippen LogP contribution in [0.3, 0.4) is 0 Å². The zero-order chi connectivity index (χ0) is 13.1. The minimum Gasteiger partial charge on any atom is -0.444 e. The van der Waals surface area contributed by atoms with Crippen molar-refractivity contribution in [3.05, 3.63) is 46.1 Å². The molecule has 2 rings (SSSR count). The minimum atomic E-state index is -0.0291. The molecular weight excluding hydrogens is 294 g/mol. The predicted octanol–water partition coefficient (Wildman–Crippen LogP) is 3.79. The normalized spacial score (nSPS) is 11.9. The van der Waals surface area contributed by atoms with Crippen molar-refractivity contribution in [2.24, 2.45) is 0 Å². The Morgan fingerprint density at radius 1 is 1.50 bits per heavy atom. The van der Waals surface area contributed by atoms with Crippen molar-refractivity contribution >= 4 is 21.6 Å². The number of hydrogen-bond acceptors (Lipinski definition) is 4. The van der Waals surface area contributed by atoms with Gasteiger partial charge >= 0.3 is 0 Å². The van der Waals surface area contributed by atoms with Crippen LogP contribution in [-0.4, -0.2) is 4.98 Å². The largest absolute Gasteiger partial charge is 0.444 e. The number of anilines is 1. The van der Waals surface area contributed by atoms with Gasteiger partial charge < -0.3 is 9.73 Å². The minimum absolute atomic E-state index is 0.0291. The summed E-state index contributed by atoms with van der Waals surface area (Å²) in [5.74, 6) is 1.44. The van der Waals surface area contributed by atoms with Gasteiger partial charge in [-0.15, -0.1) is 0 Å². The number of halogens is 1. The lowest BCUT2D eigenvalue weighted by Gasteiger charge is -2.12. The second-order valence-corrected chi connectivity index (χ2v) is 4.84. The van der Waals surface area contributed by atoms with Gasteiger partial charge in [-0.05, 0) is 48.0 Å². The van der Waals surface area contributed by atoms with E-state index in [9.17, 15) is 0 Å². The molecule has 1 unspecified atom stereocenters. The van der Waals surface area contributed by atoms with Crippen LogP contribution in [0.4, 0.5) is 5.69 Å². The van der Waals surface area contributed by atoms with Gasteiger partial charge in [0.2, 0.25) is 5.89 Å². The van der Waals surface area contributed by atoms with Crippen LogP contribution in [0.1, 0.15) is 30.2 Å². The van der Waals surface area contributed by atoms with Crippen molar-refractivity contribution in [3.63, 3.8) is 0 Å². The van der Waals surface area contributed by atoms with E-state index in [4.69, 9.17) is 9.68 Å². The Balaban J connectivity index is 2.15. The molecule has 1 N–H and O–H groups in total. The summed E-state index contributed by atoms with van der Waals surface area (Å²) in [5.41, 5.74) is 1.52. The Hall–Kier alpha value is -1.80. The molecule has 0 saturated carbocycles. The van der Waals surface area contributed by atoms with Crippen molar-refractivity contribution in [1.82, 2.24) is 4.98 Å². The van der Waals surface area contributed by atoms with Crippen LogP contribution in [0, 0.1) is 18.3 Å². The van der Waals surface area contributed by atoms with Crippen molar-refractivity contribution < 1.29 is 4.42 Å². The molecule has 1 aromatic heterocycles. The molecule has 4 nitrogen and oxygen atoms in total. The van der Waals surface area contributed by atoms with Crippen LogP contribution in [0.2, 0.25) is 0 Å². The number of aromatic nitrogens is 1. The molecule has 1 heterocycles. The lowest BCUT2D eigenvalue weighted by atomic mass is 10.2. The number of nitriles is 1. The second kappa shape index (κ2) is 5.23. The Kier molecular flexibility index (Phi) is 3.68. The Morgan fingerprint density at radius 2 is 2.28 bits per heavy atom. The first-order chi connectivity index (χ1) is 8.60. The SMILES string of the molecule is Cc1cnc(C(C)Nc2ccc(C#N)c(Br)c2)o1. The zero-order valence-electron chi connectivity index (χ0n) is 10.1. The van der Waals surface area contributed by atoms with Crippen molar-refractivity contribution in [2.45, 2.75) is 19.9 Å². The molecule has 0 spiro atoms. The van der Waals surface area contributed by atoms with Crippen LogP contribution in [0.15, 0.2) is 33.3 Å². The lowest BCUT2D eigenvalue weighted by Crippen LogP contribution is -2.06. The fourth-order valence-electron chi connectivity index (χ4n) is 1.58. The van der Waals surface area contributed by atoms with E-state index >= 15 is 0 Å². The summed E-state index contributed by atoms with van der Waals surface area (Å²) in [4.78, 5) is 4.17. The standard InChI is InChI=1S/C13H12BrN3O/c1-8-7-16-13(18-8)9(2)17-11-4-3-10(6-15)12(14)5-11/h3-5,7,9,17H,1-2H3. The highest BCUT2D eigenvalue weighted by molar-refractivity contribution is 9.10. The zero-order valence-corrected chi connectivity index (χ0v) is 11.7. The summed E-state index contributed by atoms with van der Waals surface area (Å²) in [5, 5.41) is 12.1. The second-order valence-electron chi connectivity index (χ2n) is 3.98. The monoisotopic (exact) mass is 305 g/mol. The lowest BCUT2D eigenvalue weighted by molar-refractivity contribution is 0.453. The van der Waals surface area contributed by atoms with Crippen LogP contribution in [0.25, 0.3) is 0 Å². The summed E-state index contributed by atoms with van der Waals surface area (Å²) < 4.78 is 6.22. The van der Waals surface area contributed by atoms with Crippen molar-refractivity contribution in [3.8, 4) is 6.07 Å². The molecule has 18 heavy (non-hydrogen) atoms. The van der Waals surface area contributed by atoms with Crippen LogP contribution >= 0.6 is 15.9 Å². The molecule has 1 aromatic carbocycles. The molecule has 1 atom stereocenters. The first-order valence-electron chi connectivity index (χ1n) is 5.48. The highest BCUT2D eigenvalue weighted by Gasteiger charge is 2.11. The summed E-state index contributed by atoms with van der Waals surface area (Å²) in [6, 6.07) is 7.56. The van der Waals surface area contributed by atoms with E-state index in [0.29, 0.717) is 11.5 Å². The molecular formula is C13H12BrN3O. The molecule has 0 bridgehead atoms. The van der Waals surface area contributed by atoms with E-state index in [-0.39, 0.29) is 6.04 Å². The van der Waals surface area contributed by atoms with E-state index in [1.165, 1.54) is 0 Å². The first-order valence-corrected chi connectivity index (χ1v) is 6.28. The van der Waals surface area contributed by atoms with Gasteiger partial charge in [0.05, 0.1) is 11.8 Å². The molecule has 0 amide bonds. The van der Waals surface area contributed by atoms with Crippen LogP contribution in [0.5, 0.6) is 0 Å². The number of nitrogens with one attached hydrogen (secondary N) is 1. The third kappa shape index (κ3) is 2.71. The van der Waals surface area contributed by atoms with E-state index in [1.807, 2.05) is 26.0 Å². The van der Waals surface area contributed by atoms with Gasteiger partial charge in [0.1, 0.15) is 17.9 Å². The van der Waals surface area contributed by atoms with Crippen LogP contribution in [-0.2, 0) is 0 Å². The van der Waals surface area contributed by atoms with Gasteiger partial charge in [-0.25, -0.2) is 4.98 Å². The van der Waals surface area contributed by atoms with Gasteiger partial charge in [-0.1, -0.05) is 0 Å². The van der Waals surface area contributed by atoms with Crippen molar-refractivity contribution in [2.75, 3.05) is 5.32 Å². The van der Waals surface area contributed by atoms with Gasteiger partial charge in [0.25, 0.3) is 0 Å².